The fourth-order valence-electron chi connectivity index (χ4n) is 5.14. The summed E-state index contributed by atoms with van der Waals surface area (Å²) in [4.78, 5) is 29.1. The molecule has 0 spiro atoms. The number of fused-ring (bicyclic) bond motifs is 3. The Balaban J connectivity index is 1.54. The van der Waals surface area contributed by atoms with E-state index in [1.54, 1.807) is 19.0 Å². The van der Waals surface area contributed by atoms with Crippen LogP contribution in [0.15, 0.2) is 42.5 Å². The number of hydrogen-bond acceptors (Lipinski definition) is 4. The zero-order valence-corrected chi connectivity index (χ0v) is 18.0. The van der Waals surface area contributed by atoms with Gasteiger partial charge in [0.25, 0.3) is 5.91 Å². The average Bonchev–Trinajstić information content (AvgIpc) is 3.55. The van der Waals surface area contributed by atoms with Crippen LogP contribution < -0.4 is 5.32 Å². The maximum atomic E-state index is 13.0. The second kappa shape index (κ2) is 7.68. The minimum Gasteiger partial charge on any atom is -0.394 e. The topological polar surface area (TPSA) is 72.9 Å². The van der Waals surface area contributed by atoms with Gasteiger partial charge in [0.1, 0.15) is 0 Å². The van der Waals surface area contributed by atoms with Crippen LogP contribution in [-0.2, 0) is 4.79 Å². The van der Waals surface area contributed by atoms with E-state index < -0.39 is 0 Å². The average molecular weight is 420 g/mol. The number of hydrogen-bond donors (Lipinski definition) is 2. The zero-order chi connectivity index (χ0) is 21.7. The summed E-state index contributed by atoms with van der Waals surface area (Å²) in [6.45, 7) is 0.807. The number of nitrogens with zero attached hydrogens (tertiary/aromatic N) is 2. The Bertz CT molecular complexity index is 1030. The molecule has 1 saturated carbocycles. The third-order valence-electron chi connectivity index (χ3n) is 6.93. The van der Waals surface area contributed by atoms with E-state index in [2.05, 4.69) is 16.3 Å². The first kappa shape index (κ1) is 20.1. The van der Waals surface area contributed by atoms with Crippen molar-refractivity contribution in [1.82, 2.24) is 9.80 Å². The molecule has 2 aliphatic heterocycles. The molecule has 2 aromatic carbocycles. The van der Waals surface area contributed by atoms with Gasteiger partial charge < -0.3 is 20.2 Å². The van der Waals surface area contributed by atoms with Gasteiger partial charge in [0, 0.05) is 43.7 Å². The summed E-state index contributed by atoms with van der Waals surface area (Å²) in [6, 6.07) is 13.9. The Hall–Kier alpha value is -2.86. The van der Waals surface area contributed by atoms with Gasteiger partial charge in [0.15, 0.2) is 0 Å². The molecule has 2 fully saturated rings. The molecule has 1 saturated heterocycles. The van der Waals surface area contributed by atoms with Crippen LogP contribution in [0.25, 0.3) is 11.1 Å². The van der Waals surface area contributed by atoms with Crippen molar-refractivity contribution in [1.29, 1.82) is 0 Å². The SMILES string of the molecule is CN(C)C(=O)c1cccc(-c2ccc3c(c2)[C@@H]2[C@@H](CCN2C(=O)C2CC2)[C@H](CO)N3)c1. The number of aliphatic hydroxyl groups excluding tert-OH is 1. The second-order valence-electron chi connectivity index (χ2n) is 9.22. The Morgan fingerprint density at radius 2 is 1.87 bits per heavy atom. The van der Waals surface area contributed by atoms with Crippen LogP contribution in [0.1, 0.15) is 41.2 Å². The van der Waals surface area contributed by atoms with Crippen LogP contribution in [0.4, 0.5) is 5.69 Å². The van der Waals surface area contributed by atoms with Crippen LogP contribution in [0.3, 0.4) is 0 Å². The number of aliphatic hydroxyl groups is 1. The molecule has 0 bridgehead atoms. The van der Waals surface area contributed by atoms with Crippen LogP contribution in [0, 0.1) is 11.8 Å². The zero-order valence-electron chi connectivity index (χ0n) is 18.0. The van der Waals surface area contributed by atoms with Crippen molar-refractivity contribution in [2.45, 2.75) is 31.3 Å². The van der Waals surface area contributed by atoms with Gasteiger partial charge in [-0.15, -0.1) is 0 Å². The number of carbonyl (C=O) groups excluding carboxylic acids is 2. The fourth-order valence-corrected chi connectivity index (χ4v) is 5.14. The molecule has 6 heteroatoms. The molecule has 2 amide bonds. The van der Waals surface area contributed by atoms with Crippen LogP contribution in [0.5, 0.6) is 0 Å². The predicted octanol–water partition coefficient (Wildman–Crippen LogP) is 3.14. The molecule has 162 valence electrons. The molecule has 3 aliphatic rings. The predicted molar refractivity (Wildman–Crippen MR) is 120 cm³/mol. The molecule has 31 heavy (non-hydrogen) atoms. The van der Waals surface area contributed by atoms with Gasteiger partial charge in [-0.2, -0.15) is 0 Å². The monoisotopic (exact) mass is 419 g/mol. The molecule has 2 N–H and O–H groups in total. The Morgan fingerprint density at radius 1 is 1.10 bits per heavy atom. The Morgan fingerprint density at radius 3 is 2.58 bits per heavy atom. The third-order valence-corrected chi connectivity index (χ3v) is 6.93. The molecule has 0 aromatic heterocycles. The largest absolute Gasteiger partial charge is 0.394 e. The molecule has 6 nitrogen and oxygen atoms in total. The van der Waals surface area contributed by atoms with Crippen molar-refractivity contribution < 1.29 is 14.7 Å². The molecular formula is C25H29N3O3. The van der Waals surface area contributed by atoms with Crippen LogP contribution in [-0.4, -0.2) is 60.0 Å². The van der Waals surface area contributed by atoms with Gasteiger partial charge in [-0.3, -0.25) is 9.59 Å². The molecule has 0 unspecified atom stereocenters. The van der Waals surface area contributed by atoms with Gasteiger partial charge in [0.2, 0.25) is 5.91 Å². The van der Waals surface area contributed by atoms with E-state index in [1.165, 1.54) is 0 Å². The Labute approximate surface area is 182 Å². The highest BCUT2D eigenvalue weighted by atomic mass is 16.3. The number of amides is 2. The van der Waals surface area contributed by atoms with E-state index in [4.69, 9.17) is 0 Å². The van der Waals surface area contributed by atoms with Crippen molar-refractivity contribution in [3.05, 3.63) is 53.6 Å². The first-order valence-corrected chi connectivity index (χ1v) is 11.1. The first-order valence-electron chi connectivity index (χ1n) is 11.1. The summed E-state index contributed by atoms with van der Waals surface area (Å²) < 4.78 is 0. The summed E-state index contributed by atoms with van der Waals surface area (Å²) in [5, 5.41) is 13.5. The van der Waals surface area contributed by atoms with Crippen molar-refractivity contribution in [3.8, 4) is 11.1 Å². The van der Waals surface area contributed by atoms with Crippen molar-refractivity contribution in [2.75, 3.05) is 32.6 Å². The minimum absolute atomic E-state index is 0.00644. The Kier molecular flexibility index (Phi) is 4.97. The highest BCUT2D eigenvalue weighted by Crippen LogP contribution is 2.49. The molecule has 1 aliphatic carbocycles. The molecule has 0 radical (unpaired) electrons. The summed E-state index contributed by atoms with van der Waals surface area (Å²) in [6.07, 6.45) is 2.89. The van der Waals surface area contributed by atoms with Crippen molar-refractivity contribution in [2.24, 2.45) is 11.8 Å². The van der Waals surface area contributed by atoms with Gasteiger partial charge in [-0.05, 0) is 60.2 Å². The number of carbonyl (C=O) groups is 2. The van der Waals surface area contributed by atoms with E-state index in [0.29, 0.717) is 5.56 Å². The van der Waals surface area contributed by atoms with E-state index >= 15 is 0 Å². The molecule has 3 atom stereocenters. The molecular weight excluding hydrogens is 390 g/mol. The molecule has 5 rings (SSSR count). The van der Waals surface area contributed by atoms with Crippen LogP contribution >= 0.6 is 0 Å². The van der Waals surface area contributed by atoms with E-state index in [0.717, 1.165) is 48.2 Å². The van der Waals surface area contributed by atoms with Crippen molar-refractivity contribution in [3.63, 3.8) is 0 Å². The summed E-state index contributed by atoms with van der Waals surface area (Å²) in [5.41, 5.74) is 4.77. The lowest BCUT2D eigenvalue weighted by Gasteiger charge is -2.39. The number of likely N-dealkylation sites (tertiary alicyclic amines) is 1. The quantitative estimate of drug-likeness (QED) is 0.799. The normalized spacial score (nSPS) is 24.2. The number of rotatable bonds is 4. The van der Waals surface area contributed by atoms with Crippen LogP contribution in [0.2, 0.25) is 0 Å². The summed E-state index contributed by atoms with van der Waals surface area (Å²) in [7, 11) is 3.51. The van der Waals surface area contributed by atoms with Gasteiger partial charge >= 0.3 is 0 Å². The lowest BCUT2D eigenvalue weighted by Crippen LogP contribution is -2.43. The first-order chi connectivity index (χ1) is 15.0. The highest BCUT2D eigenvalue weighted by molar-refractivity contribution is 5.95. The number of benzene rings is 2. The second-order valence-corrected chi connectivity index (χ2v) is 9.22. The molecule has 2 heterocycles. The highest BCUT2D eigenvalue weighted by Gasteiger charge is 2.48. The van der Waals surface area contributed by atoms with E-state index in [9.17, 15) is 14.7 Å². The lowest BCUT2D eigenvalue weighted by atomic mass is 9.82. The maximum Gasteiger partial charge on any atom is 0.253 e. The van der Waals surface area contributed by atoms with Gasteiger partial charge in [-0.25, -0.2) is 0 Å². The van der Waals surface area contributed by atoms with Gasteiger partial charge in [0.05, 0.1) is 18.7 Å². The van der Waals surface area contributed by atoms with Gasteiger partial charge in [-0.1, -0.05) is 18.2 Å². The summed E-state index contributed by atoms with van der Waals surface area (Å²) in [5.74, 6) is 0.629. The third kappa shape index (κ3) is 3.49. The number of nitrogens with one attached hydrogen (secondary N) is 1. The maximum absolute atomic E-state index is 13.0. The number of anilines is 1. The molecule has 2 aromatic rings. The smallest absolute Gasteiger partial charge is 0.253 e. The summed E-state index contributed by atoms with van der Waals surface area (Å²) >= 11 is 0. The minimum atomic E-state index is -0.0404. The van der Waals surface area contributed by atoms with Crippen molar-refractivity contribution >= 4 is 17.5 Å². The fraction of sp³-hybridized carbons (Fsp3) is 0.440. The lowest BCUT2D eigenvalue weighted by molar-refractivity contribution is -0.134. The van der Waals surface area contributed by atoms with E-state index in [-0.39, 0.29) is 42.3 Å². The van der Waals surface area contributed by atoms with E-state index in [1.807, 2.05) is 36.4 Å². The standard InChI is InChI=1S/C25H29N3O3/c1-27(2)24(30)18-5-3-4-16(12-18)17-8-9-21-20(13-17)23-19(22(14-29)26-21)10-11-28(23)25(31)15-6-7-15/h3-5,8-9,12-13,15,19,22-23,26,29H,6-7,10-11,14H2,1-2H3/t19-,22-,23-/m0/s1.